The predicted octanol–water partition coefficient (Wildman–Crippen LogP) is 4.07. The molecule has 25 heavy (non-hydrogen) atoms. The first kappa shape index (κ1) is 17.1. The lowest BCUT2D eigenvalue weighted by atomic mass is 10.1. The lowest BCUT2D eigenvalue weighted by molar-refractivity contribution is -0.112. The first-order valence-corrected chi connectivity index (χ1v) is 8.49. The Labute approximate surface area is 153 Å². The van der Waals surface area contributed by atoms with E-state index in [4.69, 9.17) is 0 Å². The Morgan fingerprint density at radius 2 is 1.76 bits per heavy atom. The number of benzene rings is 2. The van der Waals surface area contributed by atoms with Gasteiger partial charge in [-0.25, -0.2) is 4.68 Å². The van der Waals surface area contributed by atoms with Crippen molar-refractivity contribution in [1.29, 1.82) is 0 Å². The zero-order valence-electron chi connectivity index (χ0n) is 13.8. The zero-order chi connectivity index (χ0) is 18.0. The molecule has 3 aromatic rings. The highest BCUT2D eigenvalue weighted by molar-refractivity contribution is 9.10. The Kier molecular flexibility index (Phi) is 4.81. The van der Waals surface area contributed by atoms with Crippen molar-refractivity contribution in [1.82, 2.24) is 9.78 Å². The third-order valence-corrected chi connectivity index (χ3v) is 4.30. The number of amides is 1. The van der Waals surface area contributed by atoms with Crippen molar-refractivity contribution in [2.75, 3.05) is 5.32 Å². The standard InChI is InChI=1S/C19H16BrN3O2/c1-12-17(13(2)23(22-12)16-9-4-3-5-10-16)18(24)19(25)21-15-8-6-7-14(20)11-15/h3-11H,1-2H3,(H,21,25). The largest absolute Gasteiger partial charge is 0.319 e. The molecule has 1 amide bonds. The lowest BCUT2D eigenvalue weighted by Crippen LogP contribution is -2.24. The van der Waals surface area contributed by atoms with Gasteiger partial charge in [0.05, 0.1) is 22.6 Å². The maximum absolute atomic E-state index is 12.6. The molecular weight excluding hydrogens is 382 g/mol. The van der Waals surface area contributed by atoms with Crippen LogP contribution in [0.5, 0.6) is 0 Å². The molecule has 0 aliphatic carbocycles. The van der Waals surface area contributed by atoms with Gasteiger partial charge in [0.1, 0.15) is 0 Å². The number of ketones is 1. The summed E-state index contributed by atoms with van der Waals surface area (Å²) in [6.45, 7) is 3.51. The van der Waals surface area contributed by atoms with Gasteiger partial charge in [-0.05, 0) is 44.2 Å². The van der Waals surface area contributed by atoms with E-state index in [9.17, 15) is 9.59 Å². The Morgan fingerprint density at radius 1 is 1.04 bits per heavy atom. The number of aryl methyl sites for hydroxylation is 1. The van der Waals surface area contributed by atoms with Crippen LogP contribution in [0, 0.1) is 13.8 Å². The monoisotopic (exact) mass is 397 g/mol. The summed E-state index contributed by atoms with van der Waals surface area (Å²) < 4.78 is 2.50. The number of rotatable bonds is 4. The molecular formula is C19H16BrN3O2. The molecule has 0 radical (unpaired) electrons. The van der Waals surface area contributed by atoms with Crippen LogP contribution < -0.4 is 5.32 Å². The molecule has 0 unspecified atom stereocenters. The Balaban J connectivity index is 1.90. The number of halogens is 1. The number of aromatic nitrogens is 2. The molecule has 0 bridgehead atoms. The fourth-order valence-corrected chi connectivity index (χ4v) is 3.06. The molecule has 0 atom stereocenters. The van der Waals surface area contributed by atoms with Crippen molar-refractivity contribution < 1.29 is 9.59 Å². The summed E-state index contributed by atoms with van der Waals surface area (Å²) in [6.07, 6.45) is 0. The van der Waals surface area contributed by atoms with Crippen LogP contribution in [0.3, 0.4) is 0 Å². The zero-order valence-corrected chi connectivity index (χ0v) is 15.4. The molecule has 126 valence electrons. The van der Waals surface area contributed by atoms with E-state index in [1.165, 1.54) is 0 Å². The maximum atomic E-state index is 12.6. The number of anilines is 1. The van der Waals surface area contributed by atoms with Gasteiger partial charge in [0.15, 0.2) is 0 Å². The van der Waals surface area contributed by atoms with Crippen LogP contribution in [0.4, 0.5) is 5.69 Å². The highest BCUT2D eigenvalue weighted by Crippen LogP contribution is 2.20. The number of para-hydroxylation sites is 1. The average molecular weight is 398 g/mol. The summed E-state index contributed by atoms with van der Waals surface area (Å²) in [5.41, 5.74) is 2.89. The topological polar surface area (TPSA) is 64.0 Å². The van der Waals surface area contributed by atoms with Gasteiger partial charge < -0.3 is 5.32 Å². The number of carbonyl (C=O) groups excluding carboxylic acids is 2. The number of nitrogens with one attached hydrogen (secondary N) is 1. The second kappa shape index (κ2) is 7.03. The second-order valence-electron chi connectivity index (χ2n) is 5.59. The van der Waals surface area contributed by atoms with Gasteiger partial charge in [-0.2, -0.15) is 5.10 Å². The van der Waals surface area contributed by atoms with Crippen LogP contribution in [-0.2, 0) is 4.79 Å². The second-order valence-corrected chi connectivity index (χ2v) is 6.50. The van der Waals surface area contributed by atoms with Crippen molar-refractivity contribution in [3.8, 4) is 5.69 Å². The van der Waals surface area contributed by atoms with Gasteiger partial charge in [0.25, 0.3) is 11.7 Å². The van der Waals surface area contributed by atoms with Gasteiger partial charge >= 0.3 is 0 Å². The number of nitrogens with zero attached hydrogens (tertiary/aromatic N) is 2. The van der Waals surface area contributed by atoms with E-state index in [2.05, 4.69) is 26.3 Å². The minimum Gasteiger partial charge on any atom is -0.319 e. The third-order valence-electron chi connectivity index (χ3n) is 3.81. The normalized spacial score (nSPS) is 10.5. The van der Waals surface area contributed by atoms with E-state index in [-0.39, 0.29) is 0 Å². The summed E-state index contributed by atoms with van der Waals surface area (Å²) in [4.78, 5) is 25.0. The Bertz CT molecular complexity index is 949. The SMILES string of the molecule is Cc1nn(-c2ccccc2)c(C)c1C(=O)C(=O)Nc1cccc(Br)c1. The molecule has 0 aliphatic rings. The fourth-order valence-electron chi connectivity index (χ4n) is 2.66. The van der Waals surface area contributed by atoms with Gasteiger partial charge in [-0.1, -0.05) is 40.2 Å². The van der Waals surface area contributed by atoms with E-state index in [1.54, 1.807) is 36.7 Å². The van der Waals surface area contributed by atoms with Crippen molar-refractivity contribution in [3.63, 3.8) is 0 Å². The summed E-state index contributed by atoms with van der Waals surface area (Å²) >= 11 is 3.34. The number of hydrogen-bond acceptors (Lipinski definition) is 3. The van der Waals surface area contributed by atoms with Gasteiger partial charge in [-0.3, -0.25) is 9.59 Å². The summed E-state index contributed by atoms with van der Waals surface area (Å²) in [6, 6.07) is 16.6. The van der Waals surface area contributed by atoms with E-state index in [1.807, 2.05) is 36.4 Å². The van der Waals surface area contributed by atoms with Crippen LogP contribution in [-0.4, -0.2) is 21.5 Å². The number of Topliss-reactive ketones (excluding diaryl/α,β-unsaturated/α-hetero) is 1. The Hall–Kier alpha value is -2.73. The predicted molar refractivity (Wildman–Crippen MR) is 100 cm³/mol. The molecule has 0 aliphatic heterocycles. The average Bonchev–Trinajstić information content (AvgIpc) is 2.89. The van der Waals surface area contributed by atoms with Crippen LogP contribution >= 0.6 is 15.9 Å². The minimum absolute atomic E-state index is 0.330. The van der Waals surface area contributed by atoms with Crippen LogP contribution in [0.1, 0.15) is 21.7 Å². The Morgan fingerprint density at radius 3 is 2.44 bits per heavy atom. The van der Waals surface area contributed by atoms with Crippen molar-refractivity contribution in [3.05, 3.63) is 76.0 Å². The summed E-state index contributed by atoms with van der Waals surface area (Å²) in [5.74, 6) is -1.28. The van der Waals surface area contributed by atoms with Crippen LogP contribution in [0.25, 0.3) is 5.69 Å². The lowest BCUT2D eigenvalue weighted by Gasteiger charge is -2.06. The molecule has 5 nitrogen and oxygen atoms in total. The van der Waals surface area contributed by atoms with Gasteiger partial charge in [-0.15, -0.1) is 0 Å². The van der Waals surface area contributed by atoms with Gasteiger partial charge in [0.2, 0.25) is 0 Å². The van der Waals surface area contributed by atoms with Gasteiger partial charge in [0, 0.05) is 10.2 Å². The molecule has 3 rings (SSSR count). The number of carbonyl (C=O) groups is 2. The highest BCUT2D eigenvalue weighted by atomic mass is 79.9. The molecule has 0 saturated carbocycles. The van der Waals surface area contributed by atoms with Crippen molar-refractivity contribution in [2.24, 2.45) is 0 Å². The first-order chi connectivity index (χ1) is 12.0. The maximum Gasteiger partial charge on any atom is 0.296 e. The third kappa shape index (κ3) is 3.53. The van der Waals surface area contributed by atoms with Crippen LogP contribution in [0.2, 0.25) is 0 Å². The fraction of sp³-hybridized carbons (Fsp3) is 0.105. The summed E-state index contributed by atoms with van der Waals surface area (Å²) in [5, 5.41) is 7.04. The van der Waals surface area contributed by atoms with Crippen LogP contribution in [0.15, 0.2) is 59.1 Å². The first-order valence-electron chi connectivity index (χ1n) is 7.70. The molecule has 1 aromatic heterocycles. The van der Waals surface area contributed by atoms with E-state index >= 15 is 0 Å². The summed E-state index contributed by atoms with van der Waals surface area (Å²) in [7, 11) is 0. The molecule has 0 fully saturated rings. The molecule has 6 heteroatoms. The van der Waals surface area contributed by atoms with Crippen molar-refractivity contribution >= 4 is 33.3 Å². The molecule has 0 spiro atoms. The molecule has 1 heterocycles. The highest BCUT2D eigenvalue weighted by Gasteiger charge is 2.25. The minimum atomic E-state index is -0.683. The smallest absolute Gasteiger partial charge is 0.296 e. The quantitative estimate of drug-likeness (QED) is 0.532. The van der Waals surface area contributed by atoms with Crippen molar-refractivity contribution in [2.45, 2.75) is 13.8 Å². The van der Waals surface area contributed by atoms with E-state index < -0.39 is 11.7 Å². The molecule has 0 saturated heterocycles. The van der Waals surface area contributed by atoms with E-state index in [0.29, 0.717) is 22.6 Å². The molecule has 2 aromatic carbocycles. The van der Waals surface area contributed by atoms with E-state index in [0.717, 1.165) is 10.2 Å². The number of hydrogen-bond donors (Lipinski definition) is 1. The molecule has 1 N–H and O–H groups in total.